The Kier molecular flexibility index (Phi) is 4.94. The summed E-state index contributed by atoms with van der Waals surface area (Å²) in [5.74, 6) is -0.606. The fourth-order valence-electron chi connectivity index (χ4n) is 4.05. The SMILES string of the molecule is CN1C(=O)CC(C(=O)Nc2cccc(CN3CCCC3)c2)c2ccccc21. The number of carbonyl (C=O) groups is 2. The van der Waals surface area contributed by atoms with E-state index >= 15 is 0 Å². The van der Waals surface area contributed by atoms with Crippen molar-refractivity contribution in [3.05, 3.63) is 59.7 Å². The van der Waals surface area contributed by atoms with Crippen LogP contribution in [0.4, 0.5) is 11.4 Å². The summed E-state index contributed by atoms with van der Waals surface area (Å²) in [5, 5.41) is 3.03. The fourth-order valence-corrected chi connectivity index (χ4v) is 4.05. The van der Waals surface area contributed by atoms with Gasteiger partial charge < -0.3 is 10.2 Å². The first-order chi connectivity index (χ1) is 13.1. The van der Waals surface area contributed by atoms with Crippen LogP contribution < -0.4 is 10.2 Å². The van der Waals surface area contributed by atoms with E-state index in [1.165, 1.54) is 18.4 Å². The molecule has 27 heavy (non-hydrogen) atoms. The molecule has 1 fully saturated rings. The average molecular weight is 363 g/mol. The third kappa shape index (κ3) is 3.74. The van der Waals surface area contributed by atoms with Crippen LogP contribution in [0.3, 0.4) is 0 Å². The zero-order valence-corrected chi connectivity index (χ0v) is 15.6. The summed E-state index contributed by atoms with van der Waals surface area (Å²) in [6.07, 6.45) is 2.73. The molecule has 1 saturated heterocycles. The van der Waals surface area contributed by atoms with Gasteiger partial charge in [-0.25, -0.2) is 0 Å². The van der Waals surface area contributed by atoms with Crippen molar-refractivity contribution in [3.63, 3.8) is 0 Å². The third-order valence-corrected chi connectivity index (χ3v) is 5.54. The number of nitrogens with zero attached hydrogens (tertiary/aromatic N) is 2. The van der Waals surface area contributed by atoms with Crippen LogP contribution in [0, 0.1) is 0 Å². The van der Waals surface area contributed by atoms with E-state index in [1.54, 1.807) is 11.9 Å². The summed E-state index contributed by atoms with van der Waals surface area (Å²) in [6.45, 7) is 3.20. The predicted molar refractivity (Wildman–Crippen MR) is 107 cm³/mol. The smallest absolute Gasteiger partial charge is 0.232 e. The van der Waals surface area contributed by atoms with Gasteiger partial charge >= 0.3 is 0 Å². The van der Waals surface area contributed by atoms with Crippen molar-refractivity contribution < 1.29 is 9.59 Å². The number of carbonyl (C=O) groups excluding carboxylic acids is 2. The number of hydrogen-bond donors (Lipinski definition) is 1. The second kappa shape index (κ2) is 7.53. The summed E-state index contributed by atoms with van der Waals surface area (Å²) in [7, 11) is 1.76. The number of fused-ring (bicyclic) bond motifs is 1. The van der Waals surface area contributed by atoms with E-state index in [4.69, 9.17) is 0 Å². The maximum absolute atomic E-state index is 12.9. The molecule has 2 aliphatic heterocycles. The van der Waals surface area contributed by atoms with Crippen LogP contribution in [0.25, 0.3) is 0 Å². The van der Waals surface area contributed by atoms with Gasteiger partial charge in [0, 0.05) is 31.4 Å². The molecule has 1 unspecified atom stereocenters. The maximum Gasteiger partial charge on any atom is 0.232 e. The van der Waals surface area contributed by atoms with Gasteiger partial charge in [0.15, 0.2) is 0 Å². The monoisotopic (exact) mass is 363 g/mol. The molecule has 0 aromatic heterocycles. The standard InChI is InChI=1S/C22H25N3O2/c1-24-20-10-3-2-9-18(20)19(14-21(24)26)22(27)23-17-8-6-7-16(13-17)15-25-11-4-5-12-25/h2-3,6-10,13,19H,4-5,11-12,14-15H2,1H3,(H,23,27). The molecule has 0 saturated carbocycles. The lowest BCUT2D eigenvalue weighted by Gasteiger charge is -2.30. The van der Waals surface area contributed by atoms with Crippen molar-refractivity contribution in [1.82, 2.24) is 4.90 Å². The van der Waals surface area contributed by atoms with E-state index in [2.05, 4.69) is 16.3 Å². The summed E-state index contributed by atoms with van der Waals surface area (Å²) in [5.41, 5.74) is 3.72. The lowest BCUT2D eigenvalue weighted by Crippen LogP contribution is -2.37. The highest BCUT2D eigenvalue weighted by Gasteiger charge is 2.33. The molecule has 2 aromatic rings. The molecule has 0 bridgehead atoms. The number of amides is 2. The third-order valence-electron chi connectivity index (χ3n) is 5.54. The maximum atomic E-state index is 12.9. The van der Waals surface area contributed by atoms with Gasteiger partial charge in [0.25, 0.3) is 0 Å². The molecule has 2 aromatic carbocycles. The van der Waals surface area contributed by atoms with Crippen LogP contribution >= 0.6 is 0 Å². The number of rotatable bonds is 4. The Morgan fingerprint density at radius 1 is 1.11 bits per heavy atom. The van der Waals surface area contributed by atoms with Gasteiger partial charge in [0.1, 0.15) is 0 Å². The Balaban J connectivity index is 1.51. The summed E-state index contributed by atoms with van der Waals surface area (Å²) >= 11 is 0. The zero-order chi connectivity index (χ0) is 18.8. The summed E-state index contributed by atoms with van der Waals surface area (Å²) < 4.78 is 0. The summed E-state index contributed by atoms with van der Waals surface area (Å²) in [4.78, 5) is 29.3. The average Bonchev–Trinajstić information content (AvgIpc) is 3.18. The normalized spacial score (nSPS) is 19.8. The van der Waals surface area contributed by atoms with E-state index < -0.39 is 5.92 Å². The van der Waals surface area contributed by atoms with E-state index in [1.807, 2.05) is 42.5 Å². The van der Waals surface area contributed by atoms with Gasteiger partial charge in [-0.2, -0.15) is 0 Å². The van der Waals surface area contributed by atoms with Gasteiger partial charge in [0.05, 0.1) is 5.92 Å². The van der Waals surface area contributed by atoms with Crippen LogP contribution in [-0.2, 0) is 16.1 Å². The van der Waals surface area contributed by atoms with Crippen molar-refractivity contribution in [1.29, 1.82) is 0 Å². The largest absolute Gasteiger partial charge is 0.326 e. The van der Waals surface area contributed by atoms with E-state index in [0.717, 1.165) is 36.6 Å². The van der Waals surface area contributed by atoms with Crippen molar-refractivity contribution in [3.8, 4) is 0 Å². The molecule has 5 heteroatoms. The highest BCUT2D eigenvalue weighted by Crippen LogP contribution is 2.35. The Hall–Kier alpha value is -2.66. The minimum atomic E-state index is -0.452. The van der Waals surface area contributed by atoms with Crippen molar-refractivity contribution >= 4 is 23.2 Å². The molecule has 0 radical (unpaired) electrons. The van der Waals surface area contributed by atoms with Gasteiger partial charge in [-0.05, 0) is 55.3 Å². The van der Waals surface area contributed by atoms with Crippen LogP contribution in [0.1, 0.15) is 36.3 Å². The topological polar surface area (TPSA) is 52.7 Å². The number of likely N-dealkylation sites (tertiary alicyclic amines) is 1. The molecule has 0 spiro atoms. The molecule has 4 rings (SSSR count). The minimum Gasteiger partial charge on any atom is -0.326 e. The van der Waals surface area contributed by atoms with Crippen molar-refractivity contribution in [2.24, 2.45) is 0 Å². The van der Waals surface area contributed by atoms with E-state index in [0.29, 0.717) is 0 Å². The van der Waals surface area contributed by atoms with Crippen LogP contribution in [-0.4, -0.2) is 36.9 Å². The Labute approximate surface area is 160 Å². The van der Waals surface area contributed by atoms with Crippen molar-refractivity contribution in [2.45, 2.75) is 31.7 Å². The molecule has 2 aliphatic rings. The number of para-hydroxylation sites is 1. The van der Waals surface area contributed by atoms with Gasteiger partial charge in [-0.1, -0.05) is 30.3 Å². The highest BCUT2D eigenvalue weighted by atomic mass is 16.2. The Morgan fingerprint density at radius 2 is 1.89 bits per heavy atom. The Morgan fingerprint density at radius 3 is 2.70 bits per heavy atom. The second-order valence-electron chi connectivity index (χ2n) is 7.44. The van der Waals surface area contributed by atoms with Gasteiger partial charge in [-0.3, -0.25) is 14.5 Å². The first kappa shape index (κ1) is 17.7. The van der Waals surface area contributed by atoms with Crippen LogP contribution in [0.15, 0.2) is 48.5 Å². The number of anilines is 2. The van der Waals surface area contributed by atoms with Gasteiger partial charge in [-0.15, -0.1) is 0 Å². The molecule has 1 atom stereocenters. The van der Waals surface area contributed by atoms with E-state index in [9.17, 15) is 9.59 Å². The predicted octanol–water partition coefficient (Wildman–Crippen LogP) is 3.37. The number of hydrogen-bond acceptors (Lipinski definition) is 3. The first-order valence-electron chi connectivity index (χ1n) is 9.59. The second-order valence-corrected chi connectivity index (χ2v) is 7.44. The Bertz CT molecular complexity index is 858. The summed E-state index contributed by atoms with van der Waals surface area (Å²) in [6, 6.07) is 15.7. The molecule has 0 aliphatic carbocycles. The van der Waals surface area contributed by atoms with Crippen LogP contribution in [0.5, 0.6) is 0 Å². The minimum absolute atomic E-state index is 0.0309. The zero-order valence-electron chi connectivity index (χ0n) is 15.6. The van der Waals surface area contributed by atoms with Crippen LogP contribution in [0.2, 0.25) is 0 Å². The number of nitrogens with one attached hydrogen (secondary N) is 1. The van der Waals surface area contributed by atoms with E-state index in [-0.39, 0.29) is 18.2 Å². The highest BCUT2D eigenvalue weighted by molar-refractivity contribution is 6.05. The molecular weight excluding hydrogens is 338 g/mol. The molecular formula is C22H25N3O2. The molecule has 2 amide bonds. The molecule has 5 nitrogen and oxygen atoms in total. The molecule has 2 heterocycles. The first-order valence-corrected chi connectivity index (χ1v) is 9.59. The molecule has 1 N–H and O–H groups in total. The van der Waals surface area contributed by atoms with Crippen molar-refractivity contribution in [2.75, 3.05) is 30.4 Å². The fraction of sp³-hybridized carbons (Fsp3) is 0.364. The quantitative estimate of drug-likeness (QED) is 0.906. The lowest BCUT2D eigenvalue weighted by molar-refractivity contribution is -0.124. The number of benzene rings is 2. The lowest BCUT2D eigenvalue weighted by atomic mass is 9.89. The van der Waals surface area contributed by atoms with Gasteiger partial charge in [0.2, 0.25) is 11.8 Å². The molecule has 140 valence electrons.